The second-order valence-corrected chi connectivity index (χ2v) is 3.22. The van der Waals surface area contributed by atoms with Crippen LogP contribution in [-0.4, -0.2) is 0 Å². The van der Waals surface area contributed by atoms with E-state index in [1.54, 1.807) is 0 Å². The smallest absolute Gasteiger partial charge is 0.290 e. The minimum Gasteiger partial charge on any atom is -0.290 e. The SMILES string of the molecule is C/C=C/C=[C-]CC.[CH-]=C(C)C=C(C)C.[Ru+2]. The fraction of sp³-hybridized carbons (Fsp3) is 0.429. The van der Waals surface area contributed by atoms with Gasteiger partial charge in [-0.05, 0) is 0 Å². The van der Waals surface area contributed by atoms with Crippen LogP contribution in [0.25, 0.3) is 0 Å². The molecule has 0 bridgehead atoms. The molecule has 0 rings (SSSR count). The van der Waals surface area contributed by atoms with E-state index in [4.69, 9.17) is 6.58 Å². The zero-order valence-electron chi connectivity index (χ0n) is 10.4. The summed E-state index contributed by atoms with van der Waals surface area (Å²) in [7, 11) is 0. The average Bonchev–Trinajstić information content (AvgIpc) is 2.04. The summed E-state index contributed by atoms with van der Waals surface area (Å²) in [5.74, 6) is 0. The third-order valence-electron chi connectivity index (χ3n) is 1.13. The van der Waals surface area contributed by atoms with Crippen molar-refractivity contribution < 1.29 is 19.5 Å². The van der Waals surface area contributed by atoms with E-state index in [9.17, 15) is 0 Å². The van der Waals surface area contributed by atoms with E-state index in [1.807, 2.05) is 52.0 Å². The fourth-order valence-corrected chi connectivity index (χ4v) is 0.737. The number of rotatable bonds is 3. The van der Waals surface area contributed by atoms with Crippen LogP contribution in [0, 0.1) is 12.7 Å². The van der Waals surface area contributed by atoms with Gasteiger partial charge in [0.1, 0.15) is 0 Å². The molecule has 86 valence electrons. The summed E-state index contributed by atoms with van der Waals surface area (Å²) >= 11 is 0. The topological polar surface area (TPSA) is 0 Å². The molecule has 0 atom stereocenters. The van der Waals surface area contributed by atoms with Crippen molar-refractivity contribution in [3.05, 3.63) is 48.1 Å². The van der Waals surface area contributed by atoms with E-state index in [0.717, 1.165) is 12.0 Å². The summed E-state index contributed by atoms with van der Waals surface area (Å²) < 4.78 is 0. The van der Waals surface area contributed by atoms with Crippen molar-refractivity contribution >= 4 is 0 Å². The van der Waals surface area contributed by atoms with Crippen LogP contribution in [0.1, 0.15) is 41.0 Å². The fourth-order valence-electron chi connectivity index (χ4n) is 0.737. The average molecular weight is 291 g/mol. The summed E-state index contributed by atoms with van der Waals surface area (Å²) in [5.41, 5.74) is 2.13. The molecule has 0 amide bonds. The van der Waals surface area contributed by atoms with Gasteiger partial charge in [-0.2, -0.15) is 11.6 Å². The van der Waals surface area contributed by atoms with Crippen molar-refractivity contribution in [1.82, 2.24) is 0 Å². The molecule has 0 radical (unpaired) electrons. The Morgan fingerprint density at radius 3 is 2.00 bits per heavy atom. The Kier molecular flexibility index (Phi) is 21.4. The quantitative estimate of drug-likeness (QED) is 0.403. The van der Waals surface area contributed by atoms with Crippen LogP contribution in [0.5, 0.6) is 0 Å². The Hall–Kier alpha value is -0.417. The molecular weight excluding hydrogens is 269 g/mol. The van der Waals surface area contributed by atoms with Gasteiger partial charge in [-0.3, -0.25) is 12.7 Å². The van der Waals surface area contributed by atoms with Gasteiger partial charge in [0.25, 0.3) is 0 Å². The summed E-state index contributed by atoms with van der Waals surface area (Å²) in [5, 5.41) is 0. The Bertz CT molecular complexity index is 215. The maximum atomic E-state index is 5.33. The van der Waals surface area contributed by atoms with Crippen LogP contribution < -0.4 is 0 Å². The van der Waals surface area contributed by atoms with Crippen molar-refractivity contribution in [2.45, 2.75) is 41.0 Å². The van der Waals surface area contributed by atoms with Crippen LogP contribution in [-0.2, 0) is 19.5 Å². The molecule has 0 fully saturated rings. The van der Waals surface area contributed by atoms with E-state index in [2.05, 4.69) is 13.0 Å². The minimum absolute atomic E-state index is 0. The molecule has 15 heavy (non-hydrogen) atoms. The first-order chi connectivity index (χ1) is 6.54. The largest absolute Gasteiger partial charge is 2.00 e. The van der Waals surface area contributed by atoms with Gasteiger partial charge in [-0.25, -0.2) is 23.8 Å². The first kappa shape index (κ1) is 20.1. The van der Waals surface area contributed by atoms with Gasteiger partial charge >= 0.3 is 19.5 Å². The normalized spacial score (nSPS) is 9.13. The third-order valence-corrected chi connectivity index (χ3v) is 1.13. The van der Waals surface area contributed by atoms with E-state index in [0.29, 0.717) is 0 Å². The van der Waals surface area contributed by atoms with Gasteiger partial charge in [0.15, 0.2) is 0 Å². The Morgan fingerprint density at radius 1 is 1.27 bits per heavy atom. The van der Waals surface area contributed by atoms with E-state index >= 15 is 0 Å². The number of hydrogen-bond acceptors (Lipinski definition) is 0. The van der Waals surface area contributed by atoms with E-state index in [-0.39, 0.29) is 19.5 Å². The van der Waals surface area contributed by atoms with Gasteiger partial charge in [0, 0.05) is 0 Å². The predicted octanol–water partition coefficient (Wildman–Crippen LogP) is 4.66. The van der Waals surface area contributed by atoms with Gasteiger partial charge in [0.2, 0.25) is 0 Å². The molecule has 0 aromatic carbocycles. The molecule has 0 aromatic heterocycles. The Labute approximate surface area is 109 Å². The van der Waals surface area contributed by atoms with E-state index < -0.39 is 0 Å². The molecule has 0 aliphatic carbocycles. The molecule has 0 N–H and O–H groups in total. The summed E-state index contributed by atoms with van der Waals surface area (Å²) in [6.45, 7) is 15.3. The summed E-state index contributed by atoms with van der Waals surface area (Å²) in [6.07, 6.45) is 11.9. The van der Waals surface area contributed by atoms with Crippen molar-refractivity contribution in [1.29, 1.82) is 0 Å². The minimum atomic E-state index is 0. The second-order valence-electron chi connectivity index (χ2n) is 3.22. The molecule has 0 heterocycles. The van der Waals surface area contributed by atoms with Crippen molar-refractivity contribution in [2.24, 2.45) is 0 Å². The molecule has 0 saturated heterocycles. The molecule has 0 aromatic rings. The summed E-state index contributed by atoms with van der Waals surface area (Å²) in [6, 6.07) is 0. The first-order valence-electron chi connectivity index (χ1n) is 4.96. The molecule has 0 saturated carbocycles. The number of hydrogen-bond donors (Lipinski definition) is 0. The van der Waals surface area contributed by atoms with Crippen LogP contribution in [0.3, 0.4) is 0 Å². The maximum absolute atomic E-state index is 5.33. The summed E-state index contributed by atoms with van der Waals surface area (Å²) in [4.78, 5) is 0. The Morgan fingerprint density at radius 2 is 1.80 bits per heavy atom. The second kappa shape index (κ2) is 16.0. The molecule has 0 nitrogen and oxygen atoms in total. The zero-order chi connectivity index (χ0) is 11.4. The maximum Gasteiger partial charge on any atom is 2.00 e. The molecule has 0 aliphatic heterocycles. The van der Waals surface area contributed by atoms with Crippen molar-refractivity contribution in [3.63, 3.8) is 0 Å². The van der Waals surface area contributed by atoms with Crippen molar-refractivity contribution in [3.8, 4) is 0 Å². The molecule has 0 spiro atoms. The van der Waals surface area contributed by atoms with Gasteiger partial charge in [-0.15, -0.1) is 6.42 Å². The van der Waals surface area contributed by atoms with Crippen LogP contribution in [0.4, 0.5) is 0 Å². The van der Waals surface area contributed by atoms with Crippen LogP contribution in [0.15, 0.2) is 35.5 Å². The molecule has 0 unspecified atom stereocenters. The van der Waals surface area contributed by atoms with Gasteiger partial charge in [-0.1, -0.05) is 34.6 Å². The van der Waals surface area contributed by atoms with Gasteiger partial charge < -0.3 is 0 Å². The van der Waals surface area contributed by atoms with Gasteiger partial charge in [0.05, 0.1) is 0 Å². The Balaban J connectivity index is -0.000000180. The zero-order valence-corrected chi connectivity index (χ0v) is 12.2. The third kappa shape index (κ3) is 31.7. The van der Waals surface area contributed by atoms with E-state index in [1.165, 1.54) is 5.57 Å². The standard InChI is InChI=1S/2C7H11.Ru/c1-6(2)5-7(3)4;1-3-5-7-6-4-2;/h1,5H,2-4H3;3,5,7H,4H2,1-2H3;/q2*-1;+2/b;5-3+;. The molecular formula is C14H22Ru. The predicted molar refractivity (Wildman–Crippen MR) is 65.8 cm³/mol. The van der Waals surface area contributed by atoms with Crippen LogP contribution >= 0.6 is 0 Å². The van der Waals surface area contributed by atoms with Crippen molar-refractivity contribution in [2.75, 3.05) is 0 Å². The first-order valence-corrected chi connectivity index (χ1v) is 4.96. The molecule has 1 heteroatoms. The number of allylic oxidation sites excluding steroid dienone is 7. The monoisotopic (exact) mass is 292 g/mol. The van der Waals surface area contributed by atoms with Crippen LogP contribution in [0.2, 0.25) is 0 Å². The molecule has 0 aliphatic rings.